The molecule has 0 radical (unpaired) electrons. The third-order valence-corrected chi connectivity index (χ3v) is 10.8. The molecule has 6 heteroatoms. The number of hydrogen-bond acceptors (Lipinski definition) is 5. The van der Waals surface area contributed by atoms with Crippen molar-refractivity contribution in [1.29, 1.82) is 0 Å². The van der Waals surface area contributed by atoms with Gasteiger partial charge in [0, 0.05) is 12.0 Å². The van der Waals surface area contributed by atoms with Gasteiger partial charge in [-0.1, -0.05) is 51.1 Å². The molecule has 3 rings (SSSR count). The second-order valence-electron chi connectivity index (χ2n) is 9.36. The summed E-state index contributed by atoms with van der Waals surface area (Å²) in [6.45, 7) is 11.6. The van der Waals surface area contributed by atoms with E-state index in [-0.39, 0.29) is 35.7 Å². The van der Waals surface area contributed by atoms with Crippen LogP contribution in [0.15, 0.2) is 30.3 Å². The second-order valence-corrected chi connectivity index (χ2v) is 14.1. The Morgan fingerprint density at radius 2 is 1.82 bits per heavy atom. The molecule has 0 bridgehead atoms. The van der Waals surface area contributed by atoms with Gasteiger partial charge in [0.2, 0.25) is 0 Å². The van der Waals surface area contributed by atoms with Crippen molar-refractivity contribution in [2.24, 2.45) is 0 Å². The summed E-state index contributed by atoms with van der Waals surface area (Å²) in [5, 5.41) is 0.107. The monoisotopic (exact) mass is 406 g/mol. The highest BCUT2D eigenvalue weighted by Crippen LogP contribution is 2.40. The summed E-state index contributed by atoms with van der Waals surface area (Å²) in [6, 6.07) is 9.99. The van der Waals surface area contributed by atoms with Gasteiger partial charge in [-0.2, -0.15) is 0 Å². The van der Waals surface area contributed by atoms with Gasteiger partial charge in [-0.05, 0) is 31.0 Å². The lowest BCUT2D eigenvalue weighted by atomic mass is 10.0. The summed E-state index contributed by atoms with van der Waals surface area (Å²) >= 11 is 0. The van der Waals surface area contributed by atoms with Crippen LogP contribution in [0.25, 0.3) is 0 Å². The Balaban J connectivity index is 1.72. The summed E-state index contributed by atoms with van der Waals surface area (Å²) in [7, 11) is -1.97. The molecule has 0 saturated carbocycles. The molecule has 28 heavy (non-hydrogen) atoms. The molecule has 0 aliphatic carbocycles. The van der Waals surface area contributed by atoms with Crippen LogP contribution in [0, 0.1) is 0 Å². The van der Waals surface area contributed by atoms with E-state index in [1.54, 1.807) is 0 Å². The van der Waals surface area contributed by atoms with Crippen LogP contribution in [0.2, 0.25) is 18.1 Å². The Hall–Kier alpha value is -1.05. The maximum atomic E-state index is 11.3. The lowest BCUT2D eigenvalue weighted by molar-refractivity contribution is -0.270. The van der Waals surface area contributed by atoms with Crippen LogP contribution in [-0.4, -0.2) is 45.6 Å². The van der Waals surface area contributed by atoms with Crippen LogP contribution >= 0.6 is 0 Å². The number of aldehydes is 1. The van der Waals surface area contributed by atoms with Gasteiger partial charge in [-0.15, -0.1) is 0 Å². The molecule has 0 unspecified atom stereocenters. The van der Waals surface area contributed by atoms with Gasteiger partial charge in [0.25, 0.3) is 0 Å². The highest BCUT2D eigenvalue weighted by Gasteiger charge is 2.44. The van der Waals surface area contributed by atoms with Gasteiger partial charge >= 0.3 is 0 Å². The SMILES string of the molecule is CC(C)(C)[Si](C)(C)O[C@@H]1CC[C@@H]2O[C@H](c3ccccc3)OC[C@H]2O[C@H]1CC=O. The molecular weight excluding hydrogens is 372 g/mol. The normalized spacial score (nSPS) is 31.7. The van der Waals surface area contributed by atoms with E-state index >= 15 is 0 Å². The van der Waals surface area contributed by atoms with E-state index in [1.807, 2.05) is 30.3 Å². The Morgan fingerprint density at radius 3 is 2.46 bits per heavy atom. The Labute approximate surface area is 169 Å². The standard InChI is InChI=1S/C22H34O5Si/c1-22(2,3)28(4,5)27-19-12-11-17-20(25-18(19)13-14-23)15-24-21(26-17)16-9-7-6-8-10-16/h6-10,14,17-21H,11-13,15H2,1-5H3/t17-,18-,19+,20+,21+/m0/s1. The minimum atomic E-state index is -1.97. The summed E-state index contributed by atoms with van der Waals surface area (Å²) in [5.74, 6) is 0. The first kappa shape index (κ1) is 21.7. The van der Waals surface area contributed by atoms with E-state index in [2.05, 4.69) is 33.9 Å². The molecule has 1 aromatic carbocycles. The Bertz CT molecular complexity index is 642. The number of carbonyl (C=O) groups excluding carboxylic acids is 1. The topological polar surface area (TPSA) is 54.0 Å². The summed E-state index contributed by atoms with van der Waals surface area (Å²) < 4.78 is 25.2. The third-order valence-electron chi connectivity index (χ3n) is 6.28. The van der Waals surface area contributed by atoms with E-state index in [4.69, 9.17) is 18.6 Å². The van der Waals surface area contributed by atoms with Crippen LogP contribution < -0.4 is 0 Å². The molecule has 2 aliphatic rings. The van der Waals surface area contributed by atoms with Crippen molar-refractivity contribution in [2.45, 2.75) is 88.9 Å². The maximum Gasteiger partial charge on any atom is 0.192 e. The van der Waals surface area contributed by atoms with Crippen molar-refractivity contribution in [3.63, 3.8) is 0 Å². The zero-order valence-corrected chi connectivity index (χ0v) is 18.7. The molecule has 2 heterocycles. The number of benzene rings is 1. The van der Waals surface area contributed by atoms with Crippen LogP contribution in [0.1, 0.15) is 51.9 Å². The number of rotatable bonds is 5. The fourth-order valence-electron chi connectivity index (χ4n) is 3.56. The first-order valence-corrected chi connectivity index (χ1v) is 13.2. The maximum absolute atomic E-state index is 11.3. The van der Waals surface area contributed by atoms with E-state index in [0.29, 0.717) is 13.0 Å². The molecule has 156 valence electrons. The first-order chi connectivity index (χ1) is 13.2. The molecule has 2 fully saturated rings. The van der Waals surface area contributed by atoms with Gasteiger partial charge in [0.15, 0.2) is 14.6 Å². The summed E-state index contributed by atoms with van der Waals surface area (Å²) in [6.07, 6.45) is 2.01. The van der Waals surface area contributed by atoms with Crippen LogP contribution in [0.3, 0.4) is 0 Å². The molecule has 2 aliphatic heterocycles. The number of carbonyl (C=O) groups is 1. The average Bonchev–Trinajstić information content (AvgIpc) is 2.81. The van der Waals surface area contributed by atoms with Crippen LogP contribution in [0.4, 0.5) is 0 Å². The molecule has 0 aromatic heterocycles. The highest BCUT2D eigenvalue weighted by molar-refractivity contribution is 6.74. The Morgan fingerprint density at radius 1 is 1.11 bits per heavy atom. The van der Waals surface area contributed by atoms with E-state index in [9.17, 15) is 4.79 Å². The van der Waals surface area contributed by atoms with Crippen LogP contribution in [-0.2, 0) is 23.4 Å². The predicted octanol–water partition coefficient (Wildman–Crippen LogP) is 4.63. The molecule has 2 saturated heterocycles. The Kier molecular flexibility index (Phi) is 6.77. The smallest absolute Gasteiger partial charge is 0.192 e. The fourth-order valence-corrected chi connectivity index (χ4v) is 4.94. The fraction of sp³-hybridized carbons (Fsp3) is 0.682. The molecule has 5 nitrogen and oxygen atoms in total. The second kappa shape index (κ2) is 8.75. The molecule has 5 atom stereocenters. The largest absolute Gasteiger partial charge is 0.411 e. The van der Waals surface area contributed by atoms with Crippen molar-refractivity contribution in [2.75, 3.05) is 6.61 Å². The predicted molar refractivity (Wildman–Crippen MR) is 111 cm³/mol. The van der Waals surface area contributed by atoms with Gasteiger partial charge in [-0.25, -0.2) is 0 Å². The van der Waals surface area contributed by atoms with Gasteiger partial charge < -0.3 is 23.4 Å². The van der Waals surface area contributed by atoms with Crippen molar-refractivity contribution >= 4 is 14.6 Å². The quantitative estimate of drug-likeness (QED) is 0.527. The number of ether oxygens (including phenoxy) is 3. The minimum absolute atomic E-state index is 0.0545. The molecular formula is C22H34O5Si. The lowest BCUT2D eigenvalue weighted by Gasteiger charge is -2.41. The van der Waals surface area contributed by atoms with E-state index in [0.717, 1.165) is 24.7 Å². The van der Waals surface area contributed by atoms with Gasteiger partial charge in [0.1, 0.15) is 12.4 Å². The van der Waals surface area contributed by atoms with E-state index in [1.165, 1.54) is 0 Å². The highest BCUT2D eigenvalue weighted by atomic mass is 28.4. The zero-order chi connectivity index (χ0) is 20.4. The average molecular weight is 407 g/mol. The van der Waals surface area contributed by atoms with Gasteiger partial charge in [0.05, 0.1) is 24.9 Å². The lowest BCUT2D eigenvalue weighted by Crippen LogP contribution is -2.48. The summed E-state index contributed by atoms with van der Waals surface area (Å²) in [4.78, 5) is 11.3. The molecule has 0 N–H and O–H groups in total. The minimum Gasteiger partial charge on any atom is -0.411 e. The number of fused-ring (bicyclic) bond motifs is 1. The molecule has 1 aromatic rings. The van der Waals surface area contributed by atoms with Gasteiger partial charge in [-0.3, -0.25) is 0 Å². The van der Waals surface area contributed by atoms with Crippen LogP contribution in [0.5, 0.6) is 0 Å². The van der Waals surface area contributed by atoms with Crippen molar-refractivity contribution < 1.29 is 23.4 Å². The molecule has 0 amide bonds. The third kappa shape index (κ3) is 4.92. The van der Waals surface area contributed by atoms with E-state index < -0.39 is 8.32 Å². The van der Waals surface area contributed by atoms with Crippen molar-refractivity contribution in [3.05, 3.63) is 35.9 Å². The first-order valence-electron chi connectivity index (χ1n) is 10.3. The molecule has 0 spiro atoms. The van der Waals surface area contributed by atoms with Crippen molar-refractivity contribution in [3.8, 4) is 0 Å². The summed E-state index contributed by atoms with van der Waals surface area (Å²) in [5.41, 5.74) is 1.02. The number of hydrogen-bond donors (Lipinski definition) is 0. The zero-order valence-electron chi connectivity index (χ0n) is 17.7. The van der Waals surface area contributed by atoms with Crippen molar-refractivity contribution in [1.82, 2.24) is 0 Å².